The number of benzene rings is 1. The summed E-state index contributed by atoms with van der Waals surface area (Å²) in [5.74, 6) is -0.698. The number of nitrogens with zero attached hydrogens (tertiary/aromatic N) is 1. The second-order valence-electron chi connectivity index (χ2n) is 2.76. The molecule has 0 aliphatic heterocycles. The van der Waals surface area contributed by atoms with Crippen molar-refractivity contribution in [2.24, 2.45) is 0 Å². The minimum absolute atomic E-state index is 0.0267. The molecule has 5 heteroatoms. The highest BCUT2D eigenvalue weighted by atomic mass is 16.4. The van der Waals surface area contributed by atoms with Crippen molar-refractivity contribution in [2.75, 3.05) is 0 Å². The van der Waals surface area contributed by atoms with Gasteiger partial charge < -0.3 is 9.52 Å². The molecule has 0 radical (unpaired) electrons. The zero-order valence-electron chi connectivity index (χ0n) is 7.18. The number of H-pyrrole nitrogens is 1. The van der Waals surface area contributed by atoms with E-state index < -0.39 is 11.9 Å². The first-order valence-electron chi connectivity index (χ1n) is 4.06. The summed E-state index contributed by atoms with van der Waals surface area (Å²) in [7, 11) is 0. The predicted molar refractivity (Wildman–Crippen MR) is 47.6 cm³/mol. The van der Waals surface area contributed by atoms with E-state index in [0.717, 1.165) is 0 Å². The third-order valence-corrected chi connectivity index (χ3v) is 1.80. The summed E-state index contributed by atoms with van der Waals surface area (Å²) >= 11 is 0. The van der Waals surface area contributed by atoms with Crippen LogP contribution in [0.1, 0.15) is 17.6 Å². The van der Waals surface area contributed by atoms with Crippen LogP contribution in [0.2, 0.25) is 0 Å². The lowest BCUT2D eigenvalue weighted by molar-refractivity contribution is 0.180. The van der Waals surface area contributed by atoms with Crippen LogP contribution in [-0.4, -0.2) is 15.3 Å². The van der Waals surface area contributed by atoms with E-state index in [1.165, 1.54) is 0 Å². The van der Waals surface area contributed by atoms with E-state index in [1.54, 1.807) is 24.3 Å². The van der Waals surface area contributed by atoms with Crippen molar-refractivity contribution in [1.29, 1.82) is 0 Å². The number of aromatic nitrogens is 2. The number of nitrogens with one attached hydrogen (secondary N) is 1. The van der Waals surface area contributed by atoms with Gasteiger partial charge in [0, 0.05) is 0 Å². The van der Waals surface area contributed by atoms with Gasteiger partial charge in [-0.3, -0.25) is 0 Å². The van der Waals surface area contributed by atoms with E-state index in [-0.39, 0.29) is 5.89 Å². The molecule has 1 heterocycles. The minimum atomic E-state index is -1.00. The quantitative estimate of drug-likeness (QED) is 0.723. The maximum absolute atomic E-state index is 10.6. The van der Waals surface area contributed by atoms with Gasteiger partial charge in [0.1, 0.15) is 0 Å². The second-order valence-corrected chi connectivity index (χ2v) is 2.76. The second kappa shape index (κ2) is 3.47. The molecule has 0 saturated heterocycles. The van der Waals surface area contributed by atoms with Crippen LogP contribution in [0.3, 0.4) is 0 Å². The Morgan fingerprint density at radius 1 is 1.36 bits per heavy atom. The van der Waals surface area contributed by atoms with Crippen LogP contribution in [0, 0.1) is 0 Å². The Hall–Kier alpha value is -1.88. The van der Waals surface area contributed by atoms with Crippen LogP contribution in [0.4, 0.5) is 0 Å². The van der Waals surface area contributed by atoms with Gasteiger partial charge in [0.2, 0.25) is 0 Å². The number of rotatable bonds is 2. The SMILES string of the molecule is O=c1[nH]nc(C(O)c2ccccc2)o1. The molecule has 1 atom stereocenters. The highest BCUT2D eigenvalue weighted by Gasteiger charge is 2.15. The molecule has 14 heavy (non-hydrogen) atoms. The molecule has 2 aromatic rings. The molecule has 72 valence electrons. The van der Waals surface area contributed by atoms with Gasteiger partial charge in [-0.05, 0) is 5.56 Å². The first-order valence-corrected chi connectivity index (χ1v) is 4.06. The van der Waals surface area contributed by atoms with Gasteiger partial charge in [0.15, 0.2) is 6.10 Å². The largest absolute Gasteiger partial charge is 0.434 e. The number of hydrogen-bond acceptors (Lipinski definition) is 4. The van der Waals surface area contributed by atoms with Gasteiger partial charge in [-0.1, -0.05) is 30.3 Å². The van der Waals surface area contributed by atoms with Crippen molar-refractivity contribution >= 4 is 0 Å². The third-order valence-electron chi connectivity index (χ3n) is 1.80. The van der Waals surface area contributed by atoms with Crippen LogP contribution >= 0.6 is 0 Å². The Kier molecular flexibility index (Phi) is 2.16. The number of aliphatic hydroxyl groups is 1. The first-order chi connectivity index (χ1) is 6.77. The Balaban J connectivity index is 2.33. The highest BCUT2D eigenvalue weighted by molar-refractivity contribution is 5.20. The van der Waals surface area contributed by atoms with Crippen LogP contribution in [0.25, 0.3) is 0 Å². The van der Waals surface area contributed by atoms with Gasteiger partial charge >= 0.3 is 5.76 Å². The molecule has 2 N–H and O–H groups in total. The molecule has 0 fully saturated rings. The van der Waals surface area contributed by atoms with E-state index >= 15 is 0 Å². The Labute approximate surface area is 79.0 Å². The predicted octanol–water partition coefficient (Wildman–Crippen LogP) is 0.445. The maximum Gasteiger partial charge on any atom is 0.434 e. The fourth-order valence-electron chi connectivity index (χ4n) is 1.14. The zero-order chi connectivity index (χ0) is 9.97. The standard InChI is InChI=1S/C9H8N2O3/c12-7(6-4-2-1-3-5-6)8-10-11-9(13)14-8/h1-5,7,12H,(H,11,13). The number of hydrogen-bond donors (Lipinski definition) is 2. The van der Waals surface area contributed by atoms with Gasteiger partial charge in [-0.2, -0.15) is 0 Å². The molecule has 0 bridgehead atoms. The minimum Gasteiger partial charge on any atom is -0.389 e. The van der Waals surface area contributed by atoms with E-state index in [1.807, 2.05) is 6.07 Å². The first kappa shape index (κ1) is 8.71. The number of aromatic amines is 1. The fraction of sp³-hybridized carbons (Fsp3) is 0.111. The average molecular weight is 192 g/mol. The van der Waals surface area contributed by atoms with Crippen molar-refractivity contribution < 1.29 is 9.52 Å². The molecular formula is C9H8N2O3. The molecule has 0 saturated carbocycles. The van der Waals surface area contributed by atoms with E-state index in [2.05, 4.69) is 14.6 Å². The van der Waals surface area contributed by atoms with E-state index in [4.69, 9.17) is 0 Å². The summed E-state index contributed by atoms with van der Waals surface area (Å²) in [6.45, 7) is 0. The molecule has 2 rings (SSSR count). The lowest BCUT2D eigenvalue weighted by Gasteiger charge is -2.04. The van der Waals surface area contributed by atoms with Crippen molar-refractivity contribution in [3.63, 3.8) is 0 Å². The molecule has 1 aromatic heterocycles. The van der Waals surface area contributed by atoms with Crippen molar-refractivity contribution in [1.82, 2.24) is 10.2 Å². The molecule has 0 aliphatic carbocycles. The monoisotopic (exact) mass is 192 g/mol. The fourth-order valence-corrected chi connectivity index (χ4v) is 1.14. The smallest absolute Gasteiger partial charge is 0.389 e. The number of aliphatic hydroxyl groups excluding tert-OH is 1. The van der Waals surface area contributed by atoms with Crippen LogP contribution in [0.5, 0.6) is 0 Å². The van der Waals surface area contributed by atoms with Crippen LogP contribution in [-0.2, 0) is 0 Å². The molecule has 0 aliphatic rings. The van der Waals surface area contributed by atoms with Gasteiger partial charge in [0.25, 0.3) is 5.89 Å². The van der Waals surface area contributed by atoms with E-state index in [0.29, 0.717) is 5.56 Å². The van der Waals surface area contributed by atoms with Crippen LogP contribution in [0.15, 0.2) is 39.5 Å². The van der Waals surface area contributed by atoms with Gasteiger partial charge in [-0.25, -0.2) is 9.89 Å². The third kappa shape index (κ3) is 1.57. The lowest BCUT2D eigenvalue weighted by Crippen LogP contribution is -1.99. The summed E-state index contributed by atoms with van der Waals surface area (Å²) in [6.07, 6.45) is -1.00. The Morgan fingerprint density at radius 3 is 2.64 bits per heavy atom. The maximum atomic E-state index is 10.6. The van der Waals surface area contributed by atoms with Crippen molar-refractivity contribution in [2.45, 2.75) is 6.10 Å². The summed E-state index contributed by atoms with van der Waals surface area (Å²) in [6, 6.07) is 8.84. The van der Waals surface area contributed by atoms with Gasteiger partial charge in [0.05, 0.1) is 0 Å². The Morgan fingerprint density at radius 2 is 2.07 bits per heavy atom. The molecule has 0 amide bonds. The molecular weight excluding hydrogens is 184 g/mol. The summed E-state index contributed by atoms with van der Waals surface area (Å²) in [5.41, 5.74) is 0.628. The zero-order valence-corrected chi connectivity index (χ0v) is 7.18. The van der Waals surface area contributed by atoms with Crippen molar-refractivity contribution in [3.05, 3.63) is 52.3 Å². The van der Waals surface area contributed by atoms with Crippen molar-refractivity contribution in [3.8, 4) is 0 Å². The molecule has 1 aromatic carbocycles. The van der Waals surface area contributed by atoms with Crippen LogP contribution < -0.4 is 5.76 Å². The molecule has 1 unspecified atom stereocenters. The summed E-state index contributed by atoms with van der Waals surface area (Å²) in [4.78, 5) is 10.6. The summed E-state index contributed by atoms with van der Waals surface area (Å²) in [5, 5.41) is 15.3. The average Bonchev–Trinajstić information content (AvgIpc) is 2.65. The highest BCUT2D eigenvalue weighted by Crippen LogP contribution is 2.17. The Bertz CT molecular complexity index is 460. The topological polar surface area (TPSA) is 79.1 Å². The normalized spacial score (nSPS) is 12.6. The lowest BCUT2D eigenvalue weighted by atomic mass is 10.1. The molecule has 0 spiro atoms. The van der Waals surface area contributed by atoms with E-state index in [9.17, 15) is 9.90 Å². The van der Waals surface area contributed by atoms with Gasteiger partial charge in [-0.15, -0.1) is 5.10 Å². The molecule has 5 nitrogen and oxygen atoms in total. The summed E-state index contributed by atoms with van der Waals surface area (Å²) < 4.78 is 4.63.